The van der Waals surface area contributed by atoms with Crippen molar-refractivity contribution in [2.75, 3.05) is 31.6 Å². The standard InChI is InChI=1S/C13H20N4O2/c1-19-13(18)11-2-3-12(16-15-11)17-8-5-10(4-7-14)6-9-17/h2-3,10H,4-9,14H2,1H3. The average molecular weight is 264 g/mol. The van der Waals surface area contributed by atoms with E-state index in [9.17, 15) is 4.79 Å². The van der Waals surface area contributed by atoms with Gasteiger partial charge in [0.25, 0.3) is 0 Å². The summed E-state index contributed by atoms with van der Waals surface area (Å²) in [4.78, 5) is 13.5. The van der Waals surface area contributed by atoms with Gasteiger partial charge in [-0.05, 0) is 43.9 Å². The molecule has 2 N–H and O–H groups in total. The number of ether oxygens (including phenoxy) is 1. The molecule has 0 radical (unpaired) electrons. The molecule has 2 rings (SSSR count). The van der Waals surface area contributed by atoms with Crippen molar-refractivity contribution in [3.8, 4) is 0 Å². The lowest BCUT2D eigenvalue weighted by atomic mass is 9.94. The molecule has 0 atom stereocenters. The number of anilines is 1. The van der Waals surface area contributed by atoms with Gasteiger partial charge in [0.2, 0.25) is 0 Å². The Morgan fingerprint density at radius 3 is 2.68 bits per heavy atom. The molecule has 19 heavy (non-hydrogen) atoms. The minimum Gasteiger partial charge on any atom is -0.464 e. The van der Waals surface area contributed by atoms with Crippen LogP contribution in [0.3, 0.4) is 0 Å². The van der Waals surface area contributed by atoms with E-state index in [-0.39, 0.29) is 5.69 Å². The number of methoxy groups -OCH3 is 1. The summed E-state index contributed by atoms with van der Waals surface area (Å²) in [5.41, 5.74) is 5.82. The number of piperidine rings is 1. The summed E-state index contributed by atoms with van der Waals surface area (Å²) in [5.74, 6) is 1.09. The van der Waals surface area contributed by atoms with Crippen LogP contribution >= 0.6 is 0 Å². The zero-order chi connectivity index (χ0) is 13.7. The Balaban J connectivity index is 1.94. The molecule has 6 heteroatoms. The van der Waals surface area contributed by atoms with Crippen molar-refractivity contribution in [3.63, 3.8) is 0 Å². The number of esters is 1. The van der Waals surface area contributed by atoms with Crippen LogP contribution in [0.25, 0.3) is 0 Å². The number of aromatic nitrogens is 2. The zero-order valence-corrected chi connectivity index (χ0v) is 11.2. The summed E-state index contributed by atoms with van der Waals surface area (Å²) >= 11 is 0. The minimum absolute atomic E-state index is 0.240. The molecule has 1 aromatic rings. The van der Waals surface area contributed by atoms with E-state index in [1.165, 1.54) is 7.11 Å². The smallest absolute Gasteiger partial charge is 0.358 e. The lowest BCUT2D eigenvalue weighted by Gasteiger charge is -2.32. The van der Waals surface area contributed by atoms with Crippen molar-refractivity contribution < 1.29 is 9.53 Å². The fourth-order valence-corrected chi connectivity index (χ4v) is 2.39. The maximum atomic E-state index is 11.3. The van der Waals surface area contributed by atoms with Crippen molar-refractivity contribution >= 4 is 11.8 Å². The highest BCUT2D eigenvalue weighted by atomic mass is 16.5. The van der Waals surface area contributed by atoms with Gasteiger partial charge in [-0.2, -0.15) is 0 Å². The summed E-state index contributed by atoms with van der Waals surface area (Å²) in [6.07, 6.45) is 3.37. The third-order valence-corrected chi connectivity index (χ3v) is 3.56. The molecule has 2 heterocycles. The first-order valence-corrected chi connectivity index (χ1v) is 6.61. The van der Waals surface area contributed by atoms with Crippen molar-refractivity contribution in [1.29, 1.82) is 0 Å². The molecular weight excluding hydrogens is 244 g/mol. The SMILES string of the molecule is COC(=O)c1ccc(N2CCC(CCN)CC2)nn1. The molecule has 0 aliphatic carbocycles. The number of rotatable bonds is 4. The van der Waals surface area contributed by atoms with Gasteiger partial charge in [0.1, 0.15) is 0 Å². The van der Waals surface area contributed by atoms with E-state index in [2.05, 4.69) is 19.8 Å². The Hall–Kier alpha value is -1.69. The molecule has 1 aliphatic heterocycles. The summed E-state index contributed by atoms with van der Waals surface area (Å²) in [6, 6.07) is 3.47. The quantitative estimate of drug-likeness (QED) is 0.811. The third-order valence-electron chi connectivity index (χ3n) is 3.56. The Labute approximate surface area is 112 Å². The molecule has 0 unspecified atom stereocenters. The van der Waals surface area contributed by atoms with Crippen LogP contribution in [0.4, 0.5) is 5.82 Å². The van der Waals surface area contributed by atoms with E-state index < -0.39 is 5.97 Å². The molecule has 1 aliphatic rings. The van der Waals surface area contributed by atoms with Crippen LogP contribution < -0.4 is 10.6 Å². The van der Waals surface area contributed by atoms with Gasteiger partial charge < -0.3 is 15.4 Å². The first kappa shape index (κ1) is 13.7. The van der Waals surface area contributed by atoms with Crippen LogP contribution in [0.5, 0.6) is 0 Å². The van der Waals surface area contributed by atoms with Gasteiger partial charge in [-0.3, -0.25) is 0 Å². The van der Waals surface area contributed by atoms with Gasteiger partial charge in [0, 0.05) is 13.1 Å². The Morgan fingerprint density at radius 2 is 2.16 bits per heavy atom. The number of hydrogen-bond donors (Lipinski definition) is 1. The Morgan fingerprint density at radius 1 is 1.42 bits per heavy atom. The van der Waals surface area contributed by atoms with E-state index in [0.29, 0.717) is 0 Å². The van der Waals surface area contributed by atoms with Crippen molar-refractivity contribution in [1.82, 2.24) is 10.2 Å². The van der Waals surface area contributed by atoms with Gasteiger partial charge >= 0.3 is 5.97 Å². The fourth-order valence-electron chi connectivity index (χ4n) is 2.39. The predicted octanol–water partition coefficient (Wildman–Crippen LogP) is 0.828. The average Bonchev–Trinajstić information content (AvgIpc) is 2.48. The van der Waals surface area contributed by atoms with Gasteiger partial charge in [-0.25, -0.2) is 4.79 Å². The predicted molar refractivity (Wildman–Crippen MR) is 72.0 cm³/mol. The summed E-state index contributed by atoms with van der Waals surface area (Å²) in [7, 11) is 1.33. The van der Waals surface area contributed by atoms with Crippen molar-refractivity contribution in [2.24, 2.45) is 11.7 Å². The number of nitrogens with two attached hydrogens (primary N) is 1. The van der Waals surface area contributed by atoms with Crippen LogP contribution in [0, 0.1) is 5.92 Å². The molecule has 0 aromatic carbocycles. The van der Waals surface area contributed by atoms with Crippen molar-refractivity contribution in [2.45, 2.75) is 19.3 Å². The molecular formula is C13H20N4O2. The molecule has 1 saturated heterocycles. The van der Waals surface area contributed by atoms with Crippen LogP contribution in [-0.4, -0.2) is 42.9 Å². The van der Waals surface area contributed by atoms with Crippen LogP contribution in [0.1, 0.15) is 29.8 Å². The number of hydrogen-bond acceptors (Lipinski definition) is 6. The first-order chi connectivity index (χ1) is 9.24. The lowest BCUT2D eigenvalue weighted by molar-refractivity contribution is 0.0592. The summed E-state index contributed by atoms with van der Waals surface area (Å²) < 4.78 is 4.60. The topological polar surface area (TPSA) is 81.3 Å². The number of carbonyl (C=O) groups excluding carboxylic acids is 1. The molecule has 104 valence electrons. The molecule has 0 saturated carbocycles. The van der Waals surface area contributed by atoms with E-state index >= 15 is 0 Å². The third kappa shape index (κ3) is 3.41. The van der Waals surface area contributed by atoms with Crippen LogP contribution in [-0.2, 0) is 4.74 Å². The Bertz CT molecular complexity index is 413. The second-order valence-corrected chi connectivity index (χ2v) is 4.78. The normalized spacial score (nSPS) is 16.4. The fraction of sp³-hybridized carbons (Fsp3) is 0.615. The molecule has 1 fully saturated rings. The zero-order valence-electron chi connectivity index (χ0n) is 11.2. The highest BCUT2D eigenvalue weighted by Gasteiger charge is 2.20. The van der Waals surface area contributed by atoms with Gasteiger partial charge in [-0.15, -0.1) is 10.2 Å². The van der Waals surface area contributed by atoms with Crippen LogP contribution in [0.15, 0.2) is 12.1 Å². The highest BCUT2D eigenvalue weighted by molar-refractivity contribution is 5.86. The van der Waals surface area contributed by atoms with E-state index in [1.807, 2.05) is 6.07 Å². The molecule has 0 spiro atoms. The Kier molecular flexibility index (Phi) is 4.68. The molecule has 6 nitrogen and oxygen atoms in total. The lowest BCUT2D eigenvalue weighted by Crippen LogP contribution is -2.35. The second kappa shape index (κ2) is 6.47. The monoisotopic (exact) mass is 264 g/mol. The van der Waals surface area contributed by atoms with Gasteiger partial charge in [-0.1, -0.05) is 0 Å². The number of carbonyl (C=O) groups is 1. The van der Waals surface area contributed by atoms with Gasteiger partial charge in [0.05, 0.1) is 7.11 Å². The van der Waals surface area contributed by atoms with Crippen LogP contribution in [0.2, 0.25) is 0 Å². The molecule has 0 bridgehead atoms. The van der Waals surface area contributed by atoms with Crippen molar-refractivity contribution in [3.05, 3.63) is 17.8 Å². The summed E-state index contributed by atoms with van der Waals surface area (Å²) in [5, 5.41) is 7.99. The maximum Gasteiger partial charge on any atom is 0.358 e. The van der Waals surface area contributed by atoms with Gasteiger partial charge in [0.15, 0.2) is 11.5 Å². The minimum atomic E-state index is -0.458. The van der Waals surface area contributed by atoms with E-state index in [4.69, 9.17) is 5.73 Å². The highest BCUT2D eigenvalue weighted by Crippen LogP contribution is 2.23. The second-order valence-electron chi connectivity index (χ2n) is 4.78. The summed E-state index contributed by atoms with van der Waals surface area (Å²) in [6.45, 7) is 2.70. The molecule has 1 aromatic heterocycles. The van der Waals surface area contributed by atoms with E-state index in [0.717, 1.165) is 50.6 Å². The number of nitrogens with zero attached hydrogens (tertiary/aromatic N) is 3. The molecule has 0 amide bonds. The first-order valence-electron chi connectivity index (χ1n) is 6.61. The van der Waals surface area contributed by atoms with E-state index in [1.54, 1.807) is 6.07 Å². The maximum absolute atomic E-state index is 11.3. The largest absolute Gasteiger partial charge is 0.464 e.